The summed E-state index contributed by atoms with van der Waals surface area (Å²) in [5.74, 6) is 1.10. The highest BCUT2D eigenvalue weighted by atomic mass is 35.5. The van der Waals surface area contributed by atoms with Gasteiger partial charge in [-0.3, -0.25) is 4.72 Å². The van der Waals surface area contributed by atoms with Crippen molar-refractivity contribution < 1.29 is 17.9 Å². The molecule has 0 saturated heterocycles. The van der Waals surface area contributed by atoms with Crippen LogP contribution in [0.25, 0.3) is 0 Å². The molecule has 6 nitrogen and oxygen atoms in total. The first-order valence-corrected chi connectivity index (χ1v) is 8.40. The van der Waals surface area contributed by atoms with E-state index in [1.54, 1.807) is 31.4 Å². The molecule has 22 heavy (non-hydrogen) atoms. The Morgan fingerprint density at radius 2 is 1.82 bits per heavy atom. The molecule has 0 spiro atoms. The molecule has 0 amide bonds. The minimum absolute atomic E-state index is 0.0304. The van der Waals surface area contributed by atoms with Crippen molar-refractivity contribution in [3.63, 3.8) is 0 Å². The first-order chi connectivity index (χ1) is 10.5. The van der Waals surface area contributed by atoms with Crippen LogP contribution in [-0.2, 0) is 10.0 Å². The number of methoxy groups -OCH3 is 1. The van der Waals surface area contributed by atoms with Gasteiger partial charge in [-0.25, -0.2) is 13.4 Å². The van der Waals surface area contributed by atoms with Gasteiger partial charge in [-0.2, -0.15) is 0 Å². The Kier molecular flexibility index (Phi) is 5.46. The molecule has 0 fully saturated rings. The maximum absolute atomic E-state index is 11.9. The zero-order valence-corrected chi connectivity index (χ0v) is 13.4. The van der Waals surface area contributed by atoms with E-state index in [4.69, 9.17) is 21.1 Å². The van der Waals surface area contributed by atoms with Crippen LogP contribution in [0.2, 0.25) is 5.15 Å². The quantitative estimate of drug-likeness (QED) is 0.782. The van der Waals surface area contributed by atoms with Gasteiger partial charge in [0.05, 0.1) is 19.0 Å². The third-order valence-corrected chi connectivity index (χ3v) is 4.16. The molecule has 118 valence electrons. The number of aromatic nitrogens is 1. The van der Waals surface area contributed by atoms with Gasteiger partial charge in [-0.05, 0) is 36.4 Å². The average molecular weight is 343 g/mol. The molecule has 8 heteroatoms. The van der Waals surface area contributed by atoms with Gasteiger partial charge in [0.25, 0.3) is 0 Å². The van der Waals surface area contributed by atoms with E-state index in [-0.39, 0.29) is 12.4 Å². The maximum Gasteiger partial charge on any atom is 0.236 e. The number of nitrogens with one attached hydrogen (secondary N) is 1. The highest BCUT2D eigenvalue weighted by Crippen LogP contribution is 2.17. The van der Waals surface area contributed by atoms with Crippen molar-refractivity contribution in [1.82, 2.24) is 4.98 Å². The topological polar surface area (TPSA) is 77.5 Å². The van der Waals surface area contributed by atoms with Crippen molar-refractivity contribution in [3.05, 3.63) is 47.7 Å². The van der Waals surface area contributed by atoms with Crippen molar-refractivity contribution in [2.24, 2.45) is 0 Å². The summed E-state index contributed by atoms with van der Waals surface area (Å²) in [6, 6.07) is 9.94. The summed E-state index contributed by atoms with van der Waals surface area (Å²) < 4.78 is 36.6. The Morgan fingerprint density at radius 1 is 1.14 bits per heavy atom. The standard InChI is InChI=1S/C14H15ClN2O4S/c1-20-12-3-5-13(6-4-12)21-8-9-22(18,19)17-11-2-7-14(15)16-10-11/h2-7,10,17H,8-9H2,1H3. The molecular formula is C14H15ClN2O4S. The lowest BCUT2D eigenvalue weighted by Gasteiger charge is -2.09. The van der Waals surface area contributed by atoms with Crippen LogP contribution in [0, 0.1) is 0 Å². The van der Waals surface area contributed by atoms with Gasteiger partial charge in [0, 0.05) is 0 Å². The number of hydrogen-bond acceptors (Lipinski definition) is 5. The van der Waals surface area contributed by atoms with E-state index >= 15 is 0 Å². The third-order valence-electron chi connectivity index (χ3n) is 2.68. The zero-order valence-electron chi connectivity index (χ0n) is 11.8. The second-order valence-corrected chi connectivity index (χ2v) is 6.54. The molecule has 0 aliphatic heterocycles. The largest absolute Gasteiger partial charge is 0.497 e. The van der Waals surface area contributed by atoms with Gasteiger partial charge in [-0.15, -0.1) is 0 Å². The van der Waals surface area contributed by atoms with Crippen LogP contribution in [0.5, 0.6) is 11.5 Å². The van der Waals surface area contributed by atoms with E-state index in [1.807, 2.05) is 0 Å². The molecule has 0 atom stereocenters. The lowest BCUT2D eigenvalue weighted by atomic mass is 10.3. The number of sulfonamides is 1. The Balaban J connectivity index is 1.85. The lowest BCUT2D eigenvalue weighted by molar-refractivity contribution is 0.340. The summed E-state index contributed by atoms with van der Waals surface area (Å²) in [5.41, 5.74) is 0.355. The van der Waals surface area contributed by atoms with Gasteiger partial charge in [0.15, 0.2) is 0 Å². The summed E-state index contributed by atoms with van der Waals surface area (Å²) in [6.07, 6.45) is 1.35. The minimum atomic E-state index is -3.51. The van der Waals surface area contributed by atoms with Crippen molar-refractivity contribution >= 4 is 27.3 Å². The molecule has 0 aliphatic rings. The molecule has 1 heterocycles. The van der Waals surface area contributed by atoms with E-state index in [1.165, 1.54) is 18.3 Å². The molecule has 0 unspecified atom stereocenters. The molecule has 2 rings (SSSR count). The van der Waals surface area contributed by atoms with Crippen molar-refractivity contribution in [3.8, 4) is 11.5 Å². The lowest BCUT2D eigenvalue weighted by Crippen LogP contribution is -2.21. The van der Waals surface area contributed by atoms with Gasteiger partial charge in [-0.1, -0.05) is 11.6 Å². The Hall–Kier alpha value is -1.99. The normalized spacial score (nSPS) is 11.0. The number of pyridine rings is 1. The molecule has 2 aromatic rings. The predicted octanol–water partition coefficient (Wildman–Crippen LogP) is 2.56. The Morgan fingerprint density at radius 3 is 2.41 bits per heavy atom. The van der Waals surface area contributed by atoms with E-state index in [2.05, 4.69) is 9.71 Å². The van der Waals surface area contributed by atoms with E-state index in [9.17, 15) is 8.42 Å². The first kappa shape index (κ1) is 16.4. The van der Waals surface area contributed by atoms with E-state index < -0.39 is 10.0 Å². The van der Waals surface area contributed by atoms with Gasteiger partial charge >= 0.3 is 0 Å². The average Bonchev–Trinajstić information content (AvgIpc) is 2.50. The summed E-state index contributed by atoms with van der Waals surface area (Å²) >= 11 is 5.64. The second-order valence-electron chi connectivity index (χ2n) is 4.31. The second kappa shape index (κ2) is 7.33. The number of anilines is 1. The van der Waals surface area contributed by atoms with Crippen molar-refractivity contribution in [2.45, 2.75) is 0 Å². The fraction of sp³-hybridized carbons (Fsp3) is 0.214. The fourth-order valence-electron chi connectivity index (χ4n) is 1.61. The highest BCUT2D eigenvalue weighted by molar-refractivity contribution is 7.92. The van der Waals surface area contributed by atoms with Crippen LogP contribution in [0.15, 0.2) is 42.6 Å². The fourth-order valence-corrected chi connectivity index (χ4v) is 2.60. The molecule has 1 N–H and O–H groups in total. The molecule has 0 bridgehead atoms. The van der Waals surface area contributed by atoms with Crippen LogP contribution in [0.1, 0.15) is 0 Å². The third kappa shape index (κ3) is 5.09. The maximum atomic E-state index is 11.9. The number of hydrogen-bond donors (Lipinski definition) is 1. The van der Waals surface area contributed by atoms with Crippen LogP contribution < -0.4 is 14.2 Å². The minimum Gasteiger partial charge on any atom is -0.497 e. The smallest absolute Gasteiger partial charge is 0.236 e. The van der Waals surface area contributed by atoms with Crippen molar-refractivity contribution in [1.29, 1.82) is 0 Å². The summed E-state index contributed by atoms with van der Waals surface area (Å²) in [7, 11) is -1.94. The summed E-state index contributed by atoms with van der Waals surface area (Å²) in [4.78, 5) is 3.80. The monoisotopic (exact) mass is 342 g/mol. The SMILES string of the molecule is COc1ccc(OCCS(=O)(=O)Nc2ccc(Cl)nc2)cc1. The molecule has 0 aliphatic carbocycles. The zero-order chi connectivity index (χ0) is 16.0. The number of benzene rings is 1. The van der Waals surface area contributed by atoms with E-state index in [0.717, 1.165) is 0 Å². The van der Waals surface area contributed by atoms with E-state index in [0.29, 0.717) is 22.3 Å². The van der Waals surface area contributed by atoms with Gasteiger partial charge in [0.2, 0.25) is 10.0 Å². The highest BCUT2D eigenvalue weighted by Gasteiger charge is 2.11. The molecule has 1 aromatic heterocycles. The number of ether oxygens (including phenoxy) is 2. The van der Waals surface area contributed by atoms with Gasteiger partial charge < -0.3 is 9.47 Å². The number of nitrogens with zero attached hydrogens (tertiary/aromatic N) is 1. The van der Waals surface area contributed by atoms with Crippen molar-refractivity contribution in [2.75, 3.05) is 24.2 Å². The molecule has 0 saturated carbocycles. The van der Waals surface area contributed by atoms with Gasteiger partial charge in [0.1, 0.15) is 29.0 Å². The van der Waals surface area contributed by atoms with Crippen LogP contribution in [0.3, 0.4) is 0 Å². The van der Waals surface area contributed by atoms with Crippen LogP contribution in [0.4, 0.5) is 5.69 Å². The molecule has 0 radical (unpaired) electrons. The number of halogens is 1. The molecular weight excluding hydrogens is 328 g/mol. The number of rotatable bonds is 7. The Bertz CT molecular complexity index is 703. The first-order valence-electron chi connectivity index (χ1n) is 6.37. The van der Waals surface area contributed by atoms with Crippen LogP contribution >= 0.6 is 11.6 Å². The summed E-state index contributed by atoms with van der Waals surface area (Å²) in [5, 5.41) is 0.297. The summed E-state index contributed by atoms with van der Waals surface area (Å²) in [6.45, 7) is 0.0304. The Labute approximate surface area is 134 Å². The predicted molar refractivity (Wildman–Crippen MR) is 85.1 cm³/mol. The molecule has 1 aromatic carbocycles. The van der Waals surface area contributed by atoms with Crippen LogP contribution in [-0.4, -0.2) is 32.9 Å².